The minimum Gasteiger partial charge on any atom is -0.408 e. The van der Waals surface area contributed by atoms with Crippen molar-refractivity contribution in [3.63, 3.8) is 0 Å². The van der Waals surface area contributed by atoms with Gasteiger partial charge in [-0.3, -0.25) is 9.36 Å². The maximum atomic E-state index is 12.5. The number of hydrogen-bond donors (Lipinski definition) is 0. The lowest BCUT2D eigenvalue weighted by molar-refractivity contribution is 0.103. The number of oxazole rings is 1. The SMILES string of the molecule is Cc1ccc(C(=O)c2ccc3c(c2)oc(=O)n3C)cc1Br. The molecule has 0 unspecified atom stereocenters. The van der Waals surface area contributed by atoms with Crippen LogP contribution in [0.25, 0.3) is 11.1 Å². The quantitative estimate of drug-likeness (QED) is 0.668. The molecule has 0 bridgehead atoms. The van der Waals surface area contributed by atoms with Gasteiger partial charge in [-0.1, -0.05) is 28.1 Å². The Hall–Kier alpha value is -2.14. The zero-order chi connectivity index (χ0) is 15.1. The highest BCUT2D eigenvalue weighted by molar-refractivity contribution is 9.10. The minimum absolute atomic E-state index is 0.107. The zero-order valence-electron chi connectivity index (χ0n) is 11.5. The molecule has 5 heteroatoms. The number of halogens is 1. The van der Waals surface area contributed by atoms with E-state index in [2.05, 4.69) is 15.9 Å². The van der Waals surface area contributed by atoms with Gasteiger partial charge in [-0.15, -0.1) is 0 Å². The first-order chi connectivity index (χ1) is 9.97. The Labute approximate surface area is 129 Å². The highest BCUT2D eigenvalue weighted by Crippen LogP contribution is 2.21. The fourth-order valence-corrected chi connectivity index (χ4v) is 2.55. The van der Waals surface area contributed by atoms with Crippen molar-refractivity contribution in [1.29, 1.82) is 0 Å². The molecule has 3 aromatic rings. The van der Waals surface area contributed by atoms with Crippen LogP contribution in [0, 0.1) is 6.92 Å². The van der Waals surface area contributed by atoms with Crippen LogP contribution >= 0.6 is 15.9 Å². The number of ketones is 1. The van der Waals surface area contributed by atoms with Gasteiger partial charge < -0.3 is 4.42 Å². The van der Waals surface area contributed by atoms with Crippen molar-refractivity contribution in [3.05, 3.63) is 68.1 Å². The summed E-state index contributed by atoms with van der Waals surface area (Å²) in [6.45, 7) is 1.96. The van der Waals surface area contributed by atoms with Crippen LogP contribution < -0.4 is 5.76 Å². The lowest BCUT2D eigenvalue weighted by Crippen LogP contribution is -2.08. The van der Waals surface area contributed by atoms with E-state index in [1.54, 1.807) is 37.4 Å². The predicted octanol–water partition coefficient (Wildman–Crippen LogP) is 3.43. The average molecular weight is 346 g/mol. The molecule has 3 rings (SSSR count). The third-order valence-electron chi connectivity index (χ3n) is 3.49. The normalized spacial score (nSPS) is 11.0. The van der Waals surface area contributed by atoms with E-state index in [9.17, 15) is 9.59 Å². The van der Waals surface area contributed by atoms with Crippen LogP contribution in [0.3, 0.4) is 0 Å². The molecule has 0 radical (unpaired) electrons. The molecule has 0 saturated heterocycles. The molecule has 0 saturated carbocycles. The second-order valence-electron chi connectivity index (χ2n) is 4.90. The number of fused-ring (bicyclic) bond motifs is 1. The predicted molar refractivity (Wildman–Crippen MR) is 83.8 cm³/mol. The summed E-state index contributed by atoms with van der Waals surface area (Å²) in [5.74, 6) is -0.545. The molecule has 1 aromatic heterocycles. The van der Waals surface area contributed by atoms with Gasteiger partial charge in [0.15, 0.2) is 11.4 Å². The Kier molecular flexibility index (Phi) is 3.29. The molecule has 106 valence electrons. The monoisotopic (exact) mass is 345 g/mol. The van der Waals surface area contributed by atoms with E-state index < -0.39 is 5.76 Å². The van der Waals surface area contributed by atoms with Crippen LogP contribution in [0.2, 0.25) is 0 Å². The second kappa shape index (κ2) is 5.00. The number of nitrogens with zero attached hydrogens (tertiary/aromatic N) is 1. The highest BCUT2D eigenvalue weighted by atomic mass is 79.9. The first-order valence-electron chi connectivity index (χ1n) is 6.38. The Bertz CT molecular complexity index is 921. The van der Waals surface area contributed by atoms with E-state index in [1.807, 2.05) is 13.0 Å². The van der Waals surface area contributed by atoms with Crippen molar-refractivity contribution < 1.29 is 9.21 Å². The molecular weight excluding hydrogens is 334 g/mol. The smallest absolute Gasteiger partial charge is 0.408 e. The van der Waals surface area contributed by atoms with E-state index in [0.717, 1.165) is 10.0 Å². The van der Waals surface area contributed by atoms with Crippen LogP contribution in [-0.4, -0.2) is 10.4 Å². The van der Waals surface area contributed by atoms with Gasteiger partial charge >= 0.3 is 5.76 Å². The van der Waals surface area contributed by atoms with Crippen LogP contribution in [0.5, 0.6) is 0 Å². The minimum atomic E-state index is -0.437. The van der Waals surface area contributed by atoms with Gasteiger partial charge in [0.25, 0.3) is 0 Å². The van der Waals surface area contributed by atoms with Crippen molar-refractivity contribution >= 4 is 32.8 Å². The van der Waals surface area contributed by atoms with Crippen molar-refractivity contribution in [1.82, 2.24) is 4.57 Å². The molecule has 2 aromatic carbocycles. The van der Waals surface area contributed by atoms with Crippen LogP contribution in [0.4, 0.5) is 0 Å². The lowest BCUT2D eigenvalue weighted by atomic mass is 10.0. The van der Waals surface area contributed by atoms with Crippen LogP contribution in [-0.2, 0) is 7.05 Å². The van der Waals surface area contributed by atoms with E-state index in [4.69, 9.17) is 4.42 Å². The summed E-state index contributed by atoms with van der Waals surface area (Å²) in [5.41, 5.74) is 3.23. The van der Waals surface area contributed by atoms with E-state index in [1.165, 1.54) is 4.57 Å². The molecule has 0 fully saturated rings. The van der Waals surface area contributed by atoms with Gasteiger partial charge in [0, 0.05) is 22.6 Å². The molecular formula is C16H12BrNO3. The highest BCUT2D eigenvalue weighted by Gasteiger charge is 2.13. The maximum absolute atomic E-state index is 12.5. The fraction of sp³-hybridized carbons (Fsp3) is 0.125. The Balaban J connectivity index is 2.09. The zero-order valence-corrected chi connectivity index (χ0v) is 13.1. The molecule has 0 atom stereocenters. The van der Waals surface area contributed by atoms with Crippen LogP contribution in [0.1, 0.15) is 21.5 Å². The summed E-state index contributed by atoms with van der Waals surface area (Å²) in [6.07, 6.45) is 0. The summed E-state index contributed by atoms with van der Waals surface area (Å²) in [6, 6.07) is 10.5. The third kappa shape index (κ3) is 2.34. The van der Waals surface area contributed by atoms with E-state index in [0.29, 0.717) is 22.2 Å². The standard InChI is InChI=1S/C16H12BrNO3/c1-9-3-4-10(7-12(9)17)15(19)11-5-6-13-14(8-11)21-16(20)18(13)2/h3-8H,1-2H3. The number of carbonyl (C=O) groups is 1. The Morgan fingerprint density at radius 2 is 1.81 bits per heavy atom. The maximum Gasteiger partial charge on any atom is 0.419 e. The molecule has 0 spiro atoms. The molecule has 0 N–H and O–H groups in total. The molecule has 0 aliphatic carbocycles. The molecule has 4 nitrogen and oxygen atoms in total. The summed E-state index contributed by atoms with van der Waals surface area (Å²) >= 11 is 3.42. The van der Waals surface area contributed by atoms with Crippen molar-refractivity contribution in [2.24, 2.45) is 7.05 Å². The molecule has 21 heavy (non-hydrogen) atoms. The fourth-order valence-electron chi connectivity index (χ4n) is 2.18. The number of rotatable bonds is 2. The third-order valence-corrected chi connectivity index (χ3v) is 4.34. The van der Waals surface area contributed by atoms with E-state index >= 15 is 0 Å². The van der Waals surface area contributed by atoms with E-state index in [-0.39, 0.29) is 5.78 Å². The van der Waals surface area contributed by atoms with Gasteiger partial charge in [0.1, 0.15) is 0 Å². The summed E-state index contributed by atoms with van der Waals surface area (Å²) in [5, 5.41) is 0. The Morgan fingerprint density at radius 3 is 2.52 bits per heavy atom. The summed E-state index contributed by atoms with van der Waals surface area (Å²) < 4.78 is 7.41. The van der Waals surface area contributed by atoms with Crippen molar-refractivity contribution in [2.45, 2.75) is 6.92 Å². The first kappa shape index (κ1) is 13.8. The topological polar surface area (TPSA) is 52.2 Å². The molecule has 0 amide bonds. The number of benzene rings is 2. The van der Waals surface area contributed by atoms with Crippen LogP contribution in [0.15, 0.2) is 50.1 Å². The number of hydrogen-bond acceptors (Lipinski definition) is 3. The number of aryl methyl sites for hydroxylation is 2. The first-order valence-corrected chi connectivity index (χ1v) is 7.17. The van der Waals surface area contributed by atoms with Crippen molar-refractivity contribution in [3.8, 4) is 0 Å². The lowest BCUT2D eigenvalue weighted by Gasteiger charge is -2.04. The molecule has 0 aliphatic rings. The molecule has 1 heterocycles. The van der Waals surface area contributed by atoms with Gasteiger partial charge in [-0.2, -0.15) is 0 Å². The van der Waals surface area contributed by atoms with Crippen molar-refractivity contribution in [2.75, 3.05) is 0 Å². The average Bonchev–Trinajstić information content (AvgIpc) is 2.76. The summed E-state index contributed by atoms with van der Waals surface area (Å²) in [4.78, 5) is 24.0. The largest absolute Gasteiger partial charge is 0.419 e. The van der Waals surface area contributed by atoms with Gasteiger partial charge in [0.05, 0.1) is 5.52 Å². The van der Waals surface area contributed by atoms with Gasteiger partial charge in [-0.25, -0.2) is 4.79 Å². The van der Waals surface area contributed by atoms with Gasteiger partial charge in [-0.05, 0) is 36.8 Å². The van der Waals surface area contributed by atoms with Gasteiger partial charge in [0.2, 0.25) is 0 Å². The number of aromatic nitrogens is 1. The summed E-state index contributed by atoms with van der Waals surface area (Å²) in [7, 11) is 1.63. The second-order valence-corrected chi connectivity index (χ2v) is 5.76. The number of carbonyl (C=O) groups excluding carboxylic acids is 1. The molecule has 0 aliphatic heterocycles. The Morgan fingerprint density at radius 1 is 1.14 bits per heavy atom.